The van der Waals surface area contributed by atoms with Gasteiger partial charge in [0, 0.05) is 52.0 Å². The average Bonchev–Trinajstić information content (AvgIpc) is 3.37. The van der Waals surface area contributed by atoms with Crippen molar-refractivity contribution in [2.75, 3.05) is 65.9 Å². The van der Waals surface area contributed by atoms with E-state index >= 15 is 0 Å². The normalized spacial score (nSPS) is 15.5. The minimum absolute atomic E-state index is 0.121. The van der Waals surface area contributed by atoms with Gasteiger partial charge in [0.05, 0.1) is 76.8 Å². The van der Waals surface area contributed by atoms with Gasteiger partial charge in [-0.2, -0.15) is 0 Å². The molecule has 8 N–H and O–H groups in total. The van der Waals surface area contributed by atoms with E-state index in [0.29, 0.717) is 25.7 Å². The molecule has 0 radical (unpaired) electrons. The van der Waals surface area contributed by atoms with Crippen LogP contribution in [0, 0.1) is 0 Å². The molecule has 0 aromatic carbocycles. The summed E-state index contributed by atoms with van der Waals surface area (Å²) in [6.07, 6.45) is 19.8. The first-order valence-electron chi connectivity index (χ1n) is 28.6. The third kappa shape index (κ3) is 50.1. The second-order valence-electron chi connectivity index (χ2n) is 19.8. The first-order valence-corrected chi connectivity index (χ1v) is 31.6. The van der Waals surface area contributed by atoms with Crippen LogP contribution in [0.15, 0.2) is 24.3 Å². The molecule has 0 bridgehead atoms. The maximum Gasteiger partial charge on any atom is 0.472 e. The molecule has 8 atom stereocenters. The van der Waals surface area contributed by atoms with Crippen molar-refractivity contribution in [2.24, 2.45) is 0 Å². The fourth-order valence-corrected chi connectivity index (χ4v) is 8.62. The molecule has 0 fully saturated rings. The number of allylic oxidation sites excluding steroid dienone is 4. The number of esters is 2. The number of carbonyl (C=O) groups excluding carboxylic acids is 6. The van der Waals surface area contributed by atoms with E-state index < -0.39 is 114 Å². The number of unbranched alkanes of at least 4 members (excludes halogenated alkanes) is 10. The maximum absolute atomic E-state index is 12.9. The van der Waals surface area contributed by atoms with E-state index in [2.05, 4.69) is 59.4 Å². The first kappa shape index (κ1) is 76.4. The zero-order valence-electron chi connectivity index (χ0n) is 48.6. The van der Waals surface area contributed by atoms with Gasteiger partial charge in [-0.25, -0.2) is 9.13 Å². The lowest BCUT2D eigenvalue weighted by Gasteiger charge is -2.22. The highest BCUT2D eigenvalue weighted by Gasteiger charge is 2.27. The standard InChI is InChI=1S/C54H100N4O20P2/c1-7-9-11-13-15-17-19-21-23-25-53(65)77-45(5)37-51(63)57-47(39-71-33-29-43(3)59)41-75-79(67,68)73-35-31-55-49(61)27-28-50(62)56-32-36-74-80(69,70)76-42-48(40-72-34-30-44(4)60)58-52(64)38-46(6)78-54(66)26-24-22-20-18-16-14-12-10-8-2/h17-20,43-48,59-60H,7-16,21-42H2,1-6H3,(H,55,61)(H,56,62)(H,57,63)(H,58,64)(H,67,68)(H,69,70)/b19-17-,20-18-. The van der Waals surface area contributed by atoms with Crippen LogP contribution >= 0.6 is 15.6 Å². The summed E-state index contributed by atoms with van der Waals surface area (Å²) in [5, 5.41) is 29.3. The summed E-state index contributed by atoms with van der Waals surface area (Å²) in [4.78, 5) is 95.7. The number of aliphatic hydroxyl groups excluding tert-OH is 2. The van der Waals surface area contributed by atoms with Crippen LogP contribution in [0.25, 0.3) is 0 Å². The Bertz CT molecular complexity index is 1710. The van der Waals surface area contributed by atoms with E-state index in [-0.39, 0.29) is 78.0 Å². The number of nitrogens with one attached hydrogen (secondary N) is 4. The smallest absolute Gasteiger partial charge is 0.462 e. The second-order valence-corrected chi connectivity index (χ2v) is 22.7. The van der Waals surface area contributed by atoms with Crippen molar-refractivity contribution < 1.29 is 94.9 Å². The number of amides is 4. The minimum Gasteiger partial charge on any atom is -0.462 e. The van der Waals surface area contributed by atoms with Crippen molar-refractivity contribution in [3.63, 3.8) is 0 Å². The number of phosphoric acid groups is 2. The van der Waals surface area contributed by atoms with Crippen molar-refractivity contribution in [1.82, 2.24) is 21.3 Å². The molecule has 0 aliphatic rings. The van der Waals surface area contributed by atoms with Crippen LogP contribution in [-0.4, -0.2) is 158 Å². The predicted molar refractivity (Wildman–Crippen MR) is 301 cm³/mol. The Morgan fingerprint density at radius 2 is 0.825 bits per heavy atom. The number of aliphatic hydroxyl groups is 2. The summed E-state index contributed by atoms with van der Waals surface area (Å²) in [6.45, 7) is 8.10. The number of hydrogen-bond donors (Lipinski definition) is 8. The van der Waals surface area contributed by atoms with E-state index in [4.69, 9.17) is 37.0 Å². The molecule has 0 heterocycles. The third-order valence-corrected chi connectivity index (χ3v) is 13.4. The van der Waals surface area contributed by atoms with Crippen LogP contribution in [0.2, 0.25) is 0 Å². The molecule has 0 aromatic heterocycles. The highest BCUT2D eigenvalue weighted by atomic mass is 31.2. The van der Waals surface area contributed by atoms with Gasteiger partial charge < -0.3 is 60.2 Å². The van der Waals surface area contributed by atoms with E-state index in [1.165, 1.54) is 38.5 Å². The van der Waals surface area contributed by atoms with Gasteiger partial charge in [-0.15, -0.1) is 0 Å². The van der Waals surface area contributed by atoms with Crippen LogP contribution in [-0.2, 0) is 74.9 Å². The van der Waals surface area contributed by atoms with E-state index in [0.717, 1.165) is 38.5 Å². The Balaban J connectivity index is 4.75. The van der Waals surface area contributed by atoms with Crippen LogP contribution in [0.3, 0.4) is 0 Å². The Morgan fingerprint density at radius 3 is 1.18 bits per heavy atom. The van der Waals surface area contributed by atoms with Gasteiger partial charge in [-0.1, -0.05) is 76.7 Å². The monoisotopic (exact) mass is 1190 g/mol. The van der Waals surface area contributed by atoms with E-state index in [1.54, 1.807) is 27.7 Å². The molecule has 466 valence electrons. The molecule has 0 aliphatic carbocycles. The van der Waals surface area contributed by atoms with Crippen LogP contribution < -0.4 is 21.3 Å². The van der Waals surface area contributed by atoms with Gasteiger partial charge in [-0.3, -0.25) is 46.9 Å². The van der Waals surface area contributed by atoms with Crippen molar-refractivity contribution in [3.05, 3.63) is 24.3 Å². The summed E-state index contributed by atoms with van der Waals surface area (Å²) < 4.78 is 67.2. The molecule has 0 saturated heterocycles. The highest BCUT2D eigenvalue weighted by molar-refractivity contribution is 7.47. The van der Waals surface area contributed by atoms with Crippen molar-refractivity contribution in [3.8, 4) is 0 Å². The van der Waals surface area contributed by atoms with Gasteiger partial charge in [0.25, 0.3) is 0 Å². The molecular formula is C54H100N4O20P2. The van der Waals surface area contributed by atoms with Gasteiger partial charge in [0.1, 0.15) is 12.2 Å². The quantitative estimate of drug-likeness (QED) is 0.0134. The van der Waals surface area contributed by atoms with Crippen molar-refractivity contribution >= 4 is 51.2 Å². The molecule has 0 aliphatic heterocycles. The zero-order chi connectivity index (χ0) is 59.9. The van der Waals surface area contributed by atoms with E-state index in [1.807, 2.05) is 0 Å². The summed E-state index contributed by atoms with van der Waals surface area (Å²) in [7, 11) is -9.43. The Kier molecular flexibility index (Phi) is 46.6. The summed E-state index contributed by atoms with van der Waals surface area (Å²) in [5.74, 6) is -3.15. The van der Waals surface area contributed by atoms with Crippen LogP contribution in [0.1, 0.15) is 183 Å². The van der Waals surface area contributed by atoms with Crippen molar-refractivity contribution in [1.29, 1.82) is 0 Å². The number of phosphoric ester groups is 2. The molecule has 80 heavy (non-hydrogen) atoms. The SMILES string of the molecule is CCCCCC/C=C\CCCC(=O)OC(C)CC(=O)NC(COCCC(C)O)COP(=O)(O)OCCNC(=O)CCC(=O)NCCOP(=O)(O)OCC(COCCC(C)O)NC(=O)CC(C)OC(=O)CCC/C=C\CCCCCC. The van der Waals surface area contributed by atoms with E-state index in [9.17, 15) is 57.9 Å². The van der Waals surface area contributed by atoms with Gasteiger partial charge in [0.2, 0.25) is 23.6 Å². The Morgan fingerprint density at radius 1 is 0.463 bits per heavy atom. The van der Waals surface area contributed by atoms with Crippen LogP contribution in [0.5, 0.6) is 0 Å². The predicted octanol–water partition coefficient (Wildman–Crippen LogP) is 6.85. The molecule has 4 amide bonds. The van der Waals surface area contributed by atoms with Gasteiger partial charge >= 0.3 is 27.6 Å². The molecule has 24 nitrogen and oxygen atoms in total. The molecule has 8 unspecified atom stereocenters. The largest absolute Gasteiger partial charge is 0.472 e. The number of hydrogen-bond acceptors (Lipinski definition) is 18. The van der Waals surface area contributed by atoms with Crippen LogP contribution in [0.4, 0.5) is 0 Å². The van der Waals surface area contributed by atoms with Crippen molar-refractivity contribution in [2.45, 2.75) is 219 Å². The Hall–Kier alpha value is -3.64. The maximum atomic E-state index is 12.9. The average molecular weight is 1190 g/mol. The van der Waals surface area contributed by atoms with Gasteiger partial charge in [-0.05, 0) is 91.9 Å². The summed E-state index contributed by atoms with van der Waals surface area (Å²) >= 11 is 0. The third-order valence-electron chi connectivity index (χ3n) is 11.4. The Labute approximate surface area is 475 Å². The number of ether oxygens (including phenoxy) is 4. The first-order chi connectivity index (χ1) is 38.1. The van der Waals surface area contributed by atoms with Gasteiger partial charge in [0.15, 0.2) is 0 Å². The summed E-state index contributed by atoms with van der Waals surface area (Å²) in [5.41, 5.74) is 0. The highest BCUT2D eigenvalue weighted by Crippen LogP contribution is 2.43. The molecule has 0 aromatic rings. The number of carbonyl (C=O) groups is 6. The lowest BCUT2D eigenvalue weighted by Crippen LogP contribution is -2.42. The zero-order valence-corrected chi connectivity index (χ0v) is 50.4. The fourth-order valence-electron chi connectivity index (χ4n) is 7.09. The minimum atomic E-state index is -4.72. The lowest BCUT2D eigenvalue weighted by atomic mass is 10.1. The fraction of sp³-hybridized carbons (Fsp3) is 0.815. The summed E-state index contributed by atoms with van der Waals surface area (Å²) in [6, 6.07) is -1.88. The number of rotatable bonds is 53. The topological polar surface area (TPSA) is 339 Å². The molecule has 26 heteroatoms. The molecule has 0 spiro atoms. The lowest BCUT2D eigenvalue weighted by molar-refractivity contribution is -0.151. The molecule has 0 rings (SSSR count). The molecule has 0 saturated carbocycles. The molecular weight excluding hydrogens is 1090 g/mol. The second kappa shape index (κ2) is 48.8.